The predicted octanol–water partition coefficient (Wildman–Crippen LogP) is 1.24. The lowest BCUT2D eigenvalue weighted by atomic mass is 10.4. The molecule has 1 aromatic heterocycles. The minimum absolute atomic E-state index is 0.109. The molecule has 1 atom stereocenters. The Bertz CT molecular complexity index is 326. The van der Waals surface area contributed by atoms with E-state index in [1.54, 1.807) is 0 Å². The van der Waals surface area contributed by atoms with Crippen LogP contribution in [0.4, 0.5) is 0 Å². The van der Waals surface area contributed by atoms with Gasteiger partial charge >= 0.3 is 0 Å². The van der Waals surface area contributed by atoms with Crippen molar-refractivity contribution in [2.45, 2.75) is 42.8 Å². The van der Waals surface area contributed by atoms with Gasteiger partial charge in [-0.25, -0.2) is 0 Å². The summed E-state index contributed by atoms with van der Waals surface area (Å²) in [6.45, 7) is 0.109. The molecule has 1 saturated carbocycles. The molecule has 0 radical (unpaired) electrons. The van der Waals surface area contributed by atoms with Crippen LogP contribution < -0.4 is 5.73 Å². The molecule has 1 aliphatic rings. The van der Waals surface area contributed by atoms with Crippen molar-refractivity contribution < 1.29 is 9.63 Å². The molecule has 0 amide bonds. The smallest absolute Gasteiger partial charge is 0.256 e. The van der Waals surface area contributed by atoms with Crippen LogP contribution in [0.3, 0.4) is 0 Å². The van der Waals surface area contributed by atoms with E-state index in [1.165, 1.54) is 25.7 Å². The van der Waals surface area contributed by atoms with Gasteiger partial charge in [0.25, 0.3) is 5.89 Å². The van der Waals surface area contributed by atoms with E-state index >= 15 is 0 Å². The second-order valence-electron chi connectivity index (χ2n) is 4.02. The fraction of sp³-hybridized carbons (Fsp3) is 0.800. The minimum atomic E-state index is -0.835. The summed E-state index contributed by atoms with van der Waals surface area (Å²) >= 11 is 1.87. The Kier molecular flexibility index (Phi) is 4.20. The summed E-state index contributed by atoms with van der Waals surface area (Å²) in [5.41, 5.74) is 5.30. The summed E-state index contributed by atoms with van der Waals surface area (Å²) in [5.74, 6) is 1.63. The highest BCUT2D eigenvalue weighted by molar-refractivity contribution is 7.99. The minimum Gasteiger partial charge on any atom is -0.382 e. The standard InChI is InChI=1S/C10H17N3O2S/c11-5-8(14)10-12-9(13-15-10)6-16-7-3-1-2-4-7/h7-8,14H,1-6,11H2. The quantitative estimate of drug-likeness (QED) is 0.809. The van der Waals surface area contributed by atoms with Gasteiger partial charge in [-0.1, -0.05) is 18.0 Å². The van der Waals surface area contributed by atoms with E-state index in [2.05, 4.69) is 10.1 Å². The fourth-order valence-electron chi connectivity index (χ4n) is 1.81. The number of rotatable bonds is 5. The Morgan fingerprint density at radius 2 is 2.25 bits per heavy atom. The molecule has 1 aromatic rings. The SMILES string of the molecule is NCC(O)c1nc(CSC2CCCC2)no1. The molecule has 5 nitrogen and oxygen atoms in total. The molecule has 3 N–H and O–H groups in total. The van der Waals surface area contributed by atoms with Gasteiger partial charge in [0.1, 0.15) is 6.10 Å². The van der Waals surface area contributed by atoms with E-state index in [0.717, 1.165) is 11.0 Å². The molecule has 0 aromatic carbocycles. The molecule has 16 heavy (non-hydrogen) atoms. The third-order valence-corrected chi connectivity index (χ3v) is 4.11. The van der Waals surface area contributed by atoms with E-state index < -0.39 is 6.10 Å². The summed E-state index contributed by atoms with van der Waals surface area (Å²) in [4.78, 5) is 4.11. The lowest BCUT2D eigenvalue weighted by Crippen LogP contribution is -2.11. The van der Waals surface area contributed by atoms with Crippen LogP contribution in [-0.2, 0) is 5.75 Å². The van der Waals surface area contributed by atoms with Crippen LogP contribution in [0.1, 0.15) is 43.5 Å². The summed E-state index contributed by atoms with van der Waals surface area (Å²) in [6, 6.07) is 0. The first-order valence-electron chi connectivity index (χ1n) is 5.62. The lowest BCUT2D eigenvalue weighted by molar-refractivity contribution is 0.141. The van der Waals surface area contributed by atoms with Gasteiger partial charge in [0.15, 0.2) is 5.82 Å². The van der Waals surface area contributed by atoms with Crippen LogP contribution in [0.2, 0.25) is 0 Å². The van der Waals surface area contributed by atoms with Gasteiger partial charge in [-0.2, -0.15) is 16.7 Å². The Balaban J connectivity index is 1.82. The van der Waals surface area contributed by atoms with Crippen molar-refractivity contribution in [3.05, 3.63) is 11.7 Å². The molecule has 1 fully saturated rings. The number of aliphatic hydroxyl groups is 1. The van der Waals surface area contributed by atoms with Crippen LogP contribution >= 0.6 is 11.8 Å². The van der Waals surface area contributed by atoms with Crippen LogP contribution in [0.25, 0.3) is 0 Å². The van der Waals surface area contributed by atoms with Crippen LogP contribution in [0, 0.1) is 0 Å². The average molecular weight is 243 g/mol. The highest BCUT2D eigenvalue weighted by Crippen LogP contribution is 2.31. The normalized spacial score (nSPS) is 19.1. The maximum atomic E-state index is 9.39. The van der Waals surface area contributed by atoms with Gasteiger partial charge in [-0.05, 0) is 12.8 Å². The maximum Gasteiger partial charge on any atom is 0.256 e. The number of nitrogens with two attached hydrogens (primary N) is 1. The van der Waals surface area contributed by atoms with Crippen molar-refractivity contribution in [3.63, 3.8) is 0 Å². The molecular formula is C10H17N3O2S. The third kappa shape index (κ3) is 2.96. The monoisotopic (exact) mass is 243 g/mol. The van der Waals surface area contributed by atoms with E-state index in [0.29, 0.717) is 5.82 Å². The summed E-state index contributed by atoms with van der Waals surface area (Å²) in [7, 11) is 0. The first kappa shape index (κ1) is 11.9. The largest absolute Gasteiger partial charge is 0.382 e. The molecule has 0 saturated heterocycles. The number of hydrogen-bond donors (Lipinski definition) is 2. The van der Waals surface area contributed by atoms with Crippen molar-refractivity contribution in [2.24, 2.45) is 5.73 Å². The predicted molar refractivity (Wildman–Crippen MR) is 61.9 cm³/mol. The Hall–Kier alpha value is -0.590. The molecule has 1 unspecified atom stereocenters. The first-order valence-corrected chi connectivity index (χ1v) is 6.66. The van der Waals surface area contributed by atoms with Crippen molar-refractivity contribution >= 4 is 11.8 Å². The van der Waals surface area contributed by atoms with Crippen molar-refractivity contribution in [2.75, 3.05) is 6.54 Å². The zero-order valence-corrected chi connectivity index (χ0v) is 9.95. The second-order valence-corrected chi connectivity index (χ2v) is 5.31. The Morgan fingerprint density at radius 1 is 1.50 bits per heavy atom. The third-order valence-electron chi connectivity index (χ3n) is 2.74. The zero-order valence-electron chi connectivity index (χ0n) is 9.13. The zero-order chi connectivity index (χ0) is 11.4. The van der Waals surface area contributed by atoms with Gasteiger partial charge < -0.3 is 15.4 Å². The fourth-order valence-corrected chi connectivity index (χ4v) is 2.98. The van der Waals surface area contributed by atoms with E-state index in [1.807, 2.05) is 11.8 Å². The van der Waals surface area contributed by atoms with E-state index in [4.69, 9.17) is 10.3 Å². The second kappa shape index (κ2) is 5.65. The summed E-state index contributed by atoms with van der Waals surface area (Å²) in [6.07, 6.45) is 4.42. The molecular weight excluding hydrogens is 226 g/mol. The average Bonchev–Trinajstić information content (AvgIpc) is 2.96. The van der Waals surface area contributed by atoms with Crippen molar-refractivity contribution in [1.82, 2.24) is 10.1 Å². The number of aromatic nitrogens is 2. The first-order chi connectivity index (χ1) is 7.79. The summed E-state index contributed by atoms with van der Waals surface area (Å²) in [5, 5.41) is 14.0. The highest BCUT2D eigenvalue weighted by atomic mass is 32.2. The van der Waals surface area contributed by atoms with Crippen LogP contribution in [0.15, 0.2) is 4.52 Å². The van der Waals surface area contributed by atoms with Gasteiger partial charge in [-0.15, -0.1) is 0 Å². The molecule has 90 valence electrons. The topological polar surface area (TPSA) is 85.2 Å². The van der Waals surface area contributed by atoms with Crippen LogP contribution in [0.5, 0.6) is 0 Å². The molecule has 0 aliphatic heterocycles. The molecule has 6 heteroatoms. The van der Waals surface area contributed by atoms with Gasteiger partial charge in [0, 0.05) is 11.8 Å². The summed E-state index contributed by atoms with van der Waals surface area (Å²) < 4.78 is 4.93. The maximum absolute atomic E-state index is 9.39. The Morgan fingerprint density at radius 3 is 2.94 bits per heavy atom. The molecule has 1 heterocycles. The molecule has 0 spiro atoms. The Labute approximate surface area is 98.8 Å². The van der Waals surface area contributed by atoms with Gasteiger partial charge in [-0.3, -0.25) is 0 Å². The van der Waals surface area contributed by atoms with E-state index in [9.17, 15) is 5.11 Å². The highest BCUT2D eigenvalue weighted by Gasteiger charge is 2.18. The number of aliphatic hydroxyl groups excluding tert-OH is 1. The van der Waals surface area contributed by atoms with Crippen molar-refractivity contribution in [1.29, 1.82) is 0 Å². The van der Waals surface area contributed by atoms with E-state index in [-0.39, 0.29) is 12.4 Å². The number of thioether (sulfide) groups is 1. The number of nitrogens with zero attached hydrogens (tertiary/aromatic N) is 2. The van der Waals surface area contributed by atoms with Gasteiger partial charge in [0.05, 0.1) is 5.75 Å². The number of hydrogen-bond acceptors (Lipinski definition) is 6. The molecule has 2 rings (SSSR count). The van der Waals surface area contributed by atoms with Crippen LogP contribution in [-0.4, -0.2) is 27.0 Å². The molecule has 0 bridgehead atoms. The lowest BCUT2D eigenvalue weighted by Gasteiger charge is -2.05. The van der Waals surface area contributed by atoms with Crippen molar-refractivity contribution in [3.8, 4) is 0 Å². The van der Waals surface area contributed by atoms with Gasteiger partial charge in [0.2, 0.25) is 0 Å². The molecule has 1 aliphatic carbocycles.